The molecule has 52 heavy (non-hydrogen) atoms. The number of nitrogens with one attached hydrogen (secondary N) is 1. The molecule has 3 unspecified atom stereocenters. The van der Waals surface area contributed by atoms with E-state index in [-0.39, 0.29) is 24.9 Å². The van der Waals surface area contributed by atoms with Crippen molar-refractivity contribution in [1.82, 2.24) is 5.32 Å². The maximum atomic E-state index is 13.1. The molecule has 1 amide bonds. The maximum Gasteiger partial charge on any atom is 0.306 e. The van der Waals surface area contributed by atoms with Gasteiger partial charge in [0.15, 0.2) is 0 Å². The second kappa shape index (κ2) is 40.8. The van der Waals surface area contributed by atoms with Gasteiger partial charge in [-0.25, -0.2) is 0 Å². The lowest BCUT2D eigenvalue weighted by Crippen LogP contribution is -2.46. The molecule has 0 aromatic rings. The summed E-state index contributed by atoms with van der Waals surface area (Å²) in [6.07, 6.45) is 42.7. The summed E-state index contributed by atoms with van der Waals surface area (Å²) in [5.74, 6) is -0.479. The van der Waals surface area contributed by atoms with E-state index >= 15 is 0 Å². The zero-order valence-electron chi connectivity index (χ0n) is 35.0. The van der Waals surface area contributed by atoms with Crippen LogP contribution in [0.1, 0.15) is 245 Å². The molecular formula is C46H89NO5. The van der Waals surface area contributed by atoms with Crippen LogP contribution in [0.3, 0.4) is 0 Å². The highest BCUT2D eigenvalue weighted by Gasteiger charge is 2.24. The van der Waals surface area contributed by atoms with E-state index in [1.54, 1.807) is 0 Å². The second-order valence-electron chi connectivity index (χ2n) is 15.8. The fraction of sp³-hybridized carbons (Fsp3) is 0.913. The standard InChI is InChI=1S/C46H89NO5/c1-4-7-10-13-16-19-21-22-23-25-26-29-32-35-38-44(49)43(41-48)47-45(50)40-42(37-34-31-28-18-15-12-9-6-3)52-46(51)39-36-33-30-27-24-20-17-14-11-8-5-2/h14,17,42-44,48-49H,4-13,15-16,18-41H2,1-3H3,(H,47,50)/b17-14-. The van der Waals surface area contributed by atoms with Crippen LogP contribution in [0.4, 0.5) is 0 Å². The summed E-state index contributed by atoms with van der Waals surface area (Å²) in [5.41, 5.74) is 0. The van der Waals surface area contributed by atoms with Gasteiger partial charge in [0.2, 0.25) is 5.91 Å². The molecule has 6 heteroatoms. The SMILES string of the molecule is CCCC/C=C\CCCCCCCC(=O)OC(CCCCCCCCCC)CC(=O)NC(CO)C(O)CCCCCCCCCCCCCCCC. The van der Waals surface area contributed by atoms with Crippen molar-refractivity contribution >= 4 is 11.9 Å². The van der Waals surface area contributed by atoms with Crippen molar-refractivity contribution in [2.24, 2.45) is 0 Å². The summed E-state index contributed by atoms with van der Waals surface area (Å²) >= 11 is 0. The Morgan fingerprint density at radius 1 is 0.538 bits per heavy atom. The zero-order valence-corrected chi connectivity index (χ0v) is 35.0. The lowest BCUT2D eigenvalue weighted by atomic mass is 10.0. The summed E-state index contributed by atoms with van der Waals surface area (Å²) in [5, 5.41) is 23.6. The Hall–Kier alpha value is -1.40. The topological polar surface area (TPSA) is 95.9 Å². The number of esters is 1. The predicted molar refractivity (Wildman–Crippen MR) is 223 cm³/mol. The van der Waals surface area contributed by atoms with Gasteiger partial charge < -0.3 is 20.3 Å². The Kier molecular flexibility index (Phi) is 39.7. The van der Waals surface area contributed by atoms with Crippen molar-refractivity contribution in [2.45, 2.75) is 264 Å². The first-order valence-electron chi connectivity index (χ1n) is 22.9. The Bertz CT molecular complexity index is 787. The van der Waals surface area contributed by atoms with E-state index in [0.717, 1.165) is 51.4 Å². The highest BCUT2D eigenvalue weighted by atomic mass is 16.5. The van der Waals surface area contributed by atoms with Gasteiger partial charge in [-0.1, -0.05) is 200 Å². The highest BCUT2D eigenvalue weighted by molar-refractivity contribution is 5.77. The fourth-order valence-corrected chi connectivity index (χ4v) is 7.06. The minimum atomic E-state index is -0.780. The van der Waals surface area contributed by atoms with Gasteiger partial charge in [-0.2, -0.15) is 0 Å². The average Bonchev–Trinajstić information content (AvgIpc) is 3.13. The molecule has 3 atom stereocenters. The number of rotatable bonds is 41. The minimum absolute atomic E-state index is 0.0795. The molecule has 0 aromatic heterocycles. The van der Waals surface area contributed by atoms with Crippen LogP contribution in [-0.4, -0.2) is 46.9 Å². The first-order valence-corrected chi connectivity index (χ1v) is 22.9. The van der Waals surface area contributed by atoms with E-state index in [9.17, 15) is 19.8 Å². The van der Waals surface area contributed by atoms with Crippen LogP contribution in [-0.2, 0) is 14.3 Å². The van der Waals surface area contributed by atoms with Crippen molar-refractivity contribution in [3.05, 3.63) is 12.2 Å². The third kappa shape index (κ3) is 35.6. The number of aliphatic hydroxyl groups is 2. The van der Waals surface area contributed by atoms with E-state index in [1.165, 1.54) is 148 Å². The molecule has 0 saturated carbocycles. The summed E-state index contributed by atoms with van der Waals surface area (Å²) in [4.78, 5) is 25.9. The van der Waals surface area contributed by atoms with Crippen LogP contribution in [0.25, 0.3) is 0 Å². The summed E-state index contributed by atoms with van der Waals surface area (Å²) < 4.78 is 5.87. The Balaban J connectivity index is 4.44. The van der Waals surface area contributed by atoms with Gasteiger partial charge in [-0.3, -0.25) is 9.59 Å². The number of ether oxygens (including phenoxy) is 1. The maximum absolute atomic E-state index is 13.1. The molecule has 0 fully saturated rings. The van der Waals surface area contributed by atoms with E-state index < -0.39 is 18.2 Å². The number of hydrogen-bond donors (Lipinski definition) is 3. The van der Waals surface area contributed by atoms with E-state index in [1.807, 2.05) is 0 Å². The quantitative estimate of drug-likeness (QED) is 0.0330. The third-order valence-corrected chi connectivity index (χ3v) is 10.6. The monoisotopic (exact) mass is 736 g/mol. The molecule has 0 rings (SSSR count). The van der Waals surface area contributed by atoms with Crippen LogP contribution < -0.4 is 5.32 Å². The minimum Gasteiger partial charge on any atom is -0.462 e. The summed E-state index contributed by atoms with van der Waals surface area (Å²) in [7, 11) is 0. The lowest BCUT2D eigenvalue weighted by molar-refractivity contribution is -0.151. The fourth-order valence-electron chi connectivity index (χ4n) is 7.06. The molecular weight excluding hydrogens is 647 g/mol. The Morgan fingerprint density at radius 3 is 1.42 bits per heavy atom. The third-order valence-electron chi connectivity index (χ3n) is 10.6. The van der Waals surface area contributed by atoms with Gasteiger partial charge in [0.25, 0.3) is 0 Å². The number of unbranched alkanes of at least 4 members (excludes halogenated alkanes) is 27. The predicted octanol–water partition coefficient (Wildman–Crippen LogP) is 13.0. The molecule has 308 valence electrons. The van der Waals surface area contributed by atoms with Gasteiger partial charge >= 0.3 is 5.97 Å². The number of carbonyl (C=O) groups is 2. The number of amides is 1. The molecule has 0 aromatic carbocycles. The first-order chi connectivity index (χ1) is 25.5. The van der Waals surface area contributed by atoms with E-state index in [4.69, 9.17) is 4.74 Å². The zero-order chi connectivity index (χ0) is 38.2. The van der Waals surface area contributed by atoms with Gasteiger partial charge in [0.05, 0.1) is 25.2 Å². The van der Waals surface area contributed by atoms with Crippen LogP contribution in [0.2, 0.25) is 0 Å². The smallest absolute Gasteiger partial charge is 0.306 e. The first kappa shape index (κ1) is 50.6. The van der Waals surface area contributed by atoms with Crippen LogP contribution in [0.15, 0.2) is 12.2 Å². The number of carbonyl (C=O) groups excluding carboxylic acids is 2. The number of allylic oxidation sites excluding steroid dienone is 2. The molecule has 0 bridgehead atoms. The second-order valence-corrected chi connectivity index (χ2v) is 15.8. The number of hydrogen-bond acceptors (Lipinski definition) is 5. The average molecular weight is 736 g/mol. The van der Waals surface area contributed by atoms with Gasteiger partial charge in [0.1, 0.15) is 6.10 Å². The Morgan fingerprint density at radius 2 is 0.942 bits per heavy atom. The summed E-state index contributed by atoms with van der Waals surface area (Å²) in [6.45, 7) is 6.42. The van der Waals surface area contributed by atoms with Gasteiger partial charge in [-0.05, 0) is 44.9 Å². The molecule has 0 spiro atoms. The largest absolute Gasteiger partial charge is 0.462 e. The van der Waals surface area contributed by atoms with Crippen molar-refractivity contribution in [3.63, 3.8) is 0 Å². The van der Waals surface area contributed by atoms with Crippen LogP contribution >= 0.6 is 0 Å². The summed E-state index contributed by atoms with van der Waals surface area (Å²) in [6, 6.07) is -0.694. The van der Waals surface area contributed by atoms with E-state index in [2.05, 4.69) is 38.2 Å². The normalized spacial score (nSPS) is 13.4. The van der Waals surface area contributed by atoms with Crippen LogP contribution in [0.5, 0.6) is 0 Å². The van der Waals surface area contributed by atoms with Gasteiger partial charge in [-0.15, -0.1) is 0 Å². The van der Waals surface area contributed by atoms with Crippen molar-refractivity contribution in [3.8, 4) is 0 Å². The lowest BCUT2D eigenvalue weighted by Gasteiger charge is -2.24. The van der Waals surface area contributed by atoms with Crippen molar-refractivity contribution < 1.29 is 24.5 Å². The van der Waals surface area contributed by atoms with Crippen molar-refractivity contribution in [1.29, 1.82) is 0 Å². The molecule has 0 aliphatic heterocycles. The van der Waals surface area contributed by atoms with Crippen LogP contribution in [0, 0.1) is 0 Å². The Labute approximate surface area is 323 Å². The molecule has 0 heterocycles. The van der Waals surface area contributed by atoms with Gasteiger partial charge in [0, 0.05) is 6.42 Å². The molecule has 0 radical (unpaired) electrons. The molecule has 0 saturated heterocycles. The molecule has 0 aliphatic rings. The molecule has 0 aliphatic carbocycles. The molecule has 3 N–H and O–H groups in total. The van der Waals surface area contributed by atoms with E-state index in [0.29, 0.717) is 19.3 Å². The molecule has 6 nitrogen and oxygen atoms in total. The highest BCUT2D eigenvalue weighted by Crippen LogP contribution is 2.18. The van der Waals surface area contributed by atoms with Crippen molar-refractivity contribution in [2.75, 3.05) is 6.61 Å². The number of aliphatic hydroxyl groups excluding tert-OH is 2.